The van der Waals surface area contributed by atoms with Gasteiger partial charge in [-0.25, -0.2) is 4.79 Å². The Balaban J connectivity index is 1.34. The number of aromatic nitrogens is 1. The average molecular weight is 376 g/mol. The molecule has 1 fully saturated rings. The minimum absolute atomic E-state index is 0.144. The van der Waals surface area contributed by atoms with Crippen LogP contribution in [0.15, 0.2) is 60.8 Å². The normalized spacial score (nSPS) is 13.4. The molecule has 28 heavy (non-hydrogen) atoms. The molecule has 1 saturated heterocycles. The van der Waals surface area contributed by atoms with Crippen molar-refractivity contribution in [2.24, 2.45) is 0 Å². The highest BCUT2D eigenvalue weighted by atomic mass is 16.5. The summed E-state index contributed by atoms with van der Waals surface area (Å²) in [7, 11) is 0. The number of fused-ring (bicyclic) bond motifs is 1. The molecule has 1 aliphatic rings. The number of amides is 3. The first-order valence-corrected chi connectivity index (χ1v) is 9.12. The summed E-state index contributed by atoms with van der Waals surface area (Å²) >= 11 is 0. The van der Waals surface area contributed by atoms with E-state index in [0.717, 1.165) is 10.9 Å². The Hall–Kier alpha value is -3.61. The Morgan fingerprint density at radius 2 is 2.04 bits per heavy atom. The molecular formula is C21H20N4O3. The van der Waals surface area contributed by atoms with E-state index in [1.54, 1.807) is 29.3 Å². The first-order chi connectivity index (χ1) is 13.7. The first-order valence-electron chi connectivity index (χ1n) is 9.12. The SMILES string of the molecule is O=C(NCCOc1cccc2cccnc12)c1cccc(N2CCNC2=O)c1. The van der Waals surface area contributed by atoms with Gasteiger partial charge in [-0.15, -0.1) is 0 Å². The van der Waals surface area contributed by atoms with Gasteiger partial charge in [-0.05, 0) is 30.3 Å². The second kappa shape index (κ2) is 7.96. The Kier molecular flexibility index (Phi) is 5.05. The van der Waals surface area contributed by atoms with Crippen LogP contribution in [-0.2, 0) is 0 Å². The highest BCUT2D eigenvalue weighted by molar-refractivity contribution is 5.98. The summed E-state index contributed by atoms with van der Waals surface area (Å²) in [6.45, 7) is 1.89. The standard InChI is InChI=1S/C21H20N4O3/c26-20(16-5-1-7-17(14-16)25-12-10-24-21(25)27)23-11-13-28-18-8-2-4-15-6-3-9-22-19(15)18/h1-9,14H,10-13H2,(H,23,26)(H,24,27). The fourth-order valence-electron chi connectivity index (χ4n) is 3.15. The lowest BCUT2D eigenvalue weighted by molar-refractivity contribution is 0.0947. The number of hydrogen-bond acceptors (Lipinski definition) is 4. The molecule has 3 aromatic rings. The molecule has 3 amide bonds. The molecule has 0 aliphatic carbocycles. The van der Waals surface area contributed by atoms with Gasteiger partial charge in [0, 0.05) is 35.9 Å². The summed E-state index contributed by atoms with van der Waals surface area (Å²) in [4.78, 5) is 30.2. The minimum atomic E-state index is -0.207. The van der Waals surface area contributed by atoms with Crippen LogP contribution < -0.4 is 20.3 Å². The van der Waals surface area contributed by atoms with E-state index in [9.17, 15) is 9.59 Å². The van der Waals surface area contributed by atoms with Crippen molar-refractivity contribution in [2.75, 3.05) is 31.1 Å². The molecule has 2 aromatic carbocycles. The maximum Gasteiger partial charge on any atom is 0.321 e. The number of pyridine rings is 1. The highest BCUT2D eigenvalue weighted by Crippen LogP contribution is 2.22. The number of nitrogens with zero attached hydrogens (tertiary/aromatic N) is 2. The molecule has 0 bridgehead atoms. The van der Waals surface area contributed by atoms with Crippen molar-refractivity contribution in [3.8, 4) is 5.75 Å². The Labute approximate surface area is 162 Å². The van der Waals surface area contributed by atoms with E-state index in [0.29, 0.717) is 43.2 Å². The molecule has 2 N–H and O–H groups in total. The lowest BCUT2D eigenvalue weighted by atomic mass is 10.1. The Morgan fingerprint density at radius 1 is 1.18 bits per heavy atom. The second-order valence-corrected chi connectivity index (χ2v) is 6.37. The molecule has 7 heteroatoms. The maximum atomic E-state index is 12.4. The predicted octanol–water partition coefficient (Wildman–Crippen LogP) is 2.57. The van der Waals surface area contributed by atoms with E-state index >= 15 is 0 Å². The Bertz CT molecular complexity index is 1020. The zero-order chi connectivity index (χ0) is 19.3. The van der Waals surface area contributed by atoms with Crippen molar-refractivity contribution in [3.63, 3.8) is 0 Å². The van der Waals surface area contributed by atoms with Gasteiger partial charge in [-0.2, -0.15) is 0 Å². The van der Waals surface area contributed by atoms with E-state index in [4.69, 9.17) is 4.74 Å². The van der Waals surface area contributed by atoms with Gasteiger partial charge in [0.15, 0.2) is 0 Å². The molecule has 0 radical (unpaired) electrons. The summed E-state index contributed by atoms with van der Waals surface area (Å²) in [6, 6.07) is 16.5. The number of nitrogens with one attached hydrogen (secondary N) is 2. The second-order valence-electron chi connectivity index (χ2n) is 6.37. The number of anilines is 1. The number of carbonyl (C=O) groups is 2. The zero-order valence-corrected chi connectivity index (χ0v) is 15.2. The number of ether oxygens (including phenoxy) is 1. The molecule has 0 spiro atoms. The largest absolute Gasteiger partial charge is 0.489 e. The quantitative estimate of drug-likeness (QED) is 0.648. The van der Waals surface area contributed by atoms with Crippen molar-refractivity contribution in [3.05, 3.63) is 66.4 Å². The fraction of sp³-hybridized carbons (Fsp3) is 0.190. The number of para-hydroxylation sites is 1. The van der Waals surface area contributed by atoms with Gasteiger partial charge in [0.25, 0.3) is 5.91 Å². The van der Waals surface area contributed by atoms with Crippen LogP contribution in [0.3, 0.4) is 0 Å². The predicted molar refractivity (Wildman–Crippen MR) is 107 cm³/mol. The molecule has 0 atom stereocenters. The monoisotopic (exact) mass is 376 g/mol. The number of rotatable bonds is 6. The average Bonchev–Trinajstić information content (AvgIpc) is 3.17. The molecule has 7 nitrogen and oxygen atoms in total. The van der Waals surface area contributed by atoms with Crippen molar-refractivity contribution in [1.29, 1.82) is 0 Å². The van der Waals surface area contributed by atoms with Gasteiger partial charge in [-0.3, -0.25) is 14.7 Å². The molecule has 1 aliphatic heterocycles. The number of hydrogen-bond donors (Lipinski definition) is 2. The highest BCUT2D eigenvalue weighted by Gasteiger charge is 2.21. The van der Waals surface area contributed by atoms with E-state index in [1.807, 2.05) is 36.4 Å². The van der Waals surface area contributed by atoms with Crippen LogP contribution in [0, 0.1) is 0 Å². The van der Waals surface area contributed by atoms with Crippen LogP contribution in [0.2, 0.25) is 0 Å². The third kappa shape index (κ3) is 3.73. The fourth-order valence-corrected chi connectivity index (χ4v) is 3.15. The van der Waals surface area contributed by atoms with Gasteiger partial charge in [0.2, 0.25) is 0 Å². The minimum Gasteiger partial charge on any atom is -0.489 e. The van der Waals surface area contributed by atoms with Gasteiger partial charge < -0.3 is 15.4 Å². The molecular weight excluding hydrogens is 356 g/mol. The van der Waals surface area contributed by atoms with Crippen LogP contribution in [-0.4, -0.2) is 43.2 Å². The third-order valence-electron chi connectivity index (χ3n) is 4.52. The van der Waals surface area contributed by atoms with Gasteiger partial charge in [0.05, 0.1) is 6.54 Å². The van der Waals surface area contributed by atoms with Crippen LogP contribution in [0.25, 0.3) is 10.9 Å². The molecule has 1 aromatic heterocycles. The van der Waals surface area contributed by atoms with Crippen LogP contribution >= 0.6 is 0 Å². The summed E-state index contributed by atoms with van der Waals surface area (Å²) in [5.41, 5.74) is 2.01. The van der Waals surface area contributed by atoms with Crippen molar-refractivity contribution in [2.45, 2.75) is 0 Å². The summed E-state index contributed by atoms with van der Waals surface area (Å²) < 4.78 is 5.79. The van der Waals surface area contributed by atoms with E-state index in [-0.39, 0.29) is 11.9 Å². The summed E-state index contributed by atoms with van der Waals surface area (Å²) in [5, 5.41) is 6.60. The van der Waals surface area contributed by atoms with Crippen molar-refractivity contribution in [1.82, 2.24) is 15.6 Å². The van der Waals surface area contributed by atoms with Gasteiger partial charge in [-0.1, -0.05) is 24.3 Å². The van der Waals surface area contributed by atoms with Crippen LogP contribution in [0.5, 0.6) is 5.75 Å². The van der Waals surface area contributed by atoms with Crippen molar-refractivity contribution >= 4 is 28.5 Å². The van der Waals surface area contributed by atoms with Gasteiger partial charge in [0.1, 0.15) is 17.9 Å². The zero-order valence-electron chi connectivity index (χ0n) is 15.2. The number of benzene rings is 2. The lowest BCUT2D eigenvalue weighted by Gasteiger charge is -2.15. The molecule has 142 valence electrons. The first kappa shape index (κ1) is 17.8. The summed E-state index contributed by atoms with van der Waals surface area (Å²) in [5.74, 6) is 0.482. The Morgan fingerprint density at radius 3 is 2.89 bits per heavy atom. The van der Waals surface area contributed by atoms with Crippen LogP contribution in [0.4, 0.5) is 10.5 Å². The van der Waals surface area contributed by atoms with Crippen LogP contribution in [0.1, 0.15) is 10.4 Å². The van der Waals surface area contributed by atoms with Gasteiger partial charge >= 0.3 is 6.03 Å². The summed E-state index contributed by atoms with van der Waals surface area (Å²) in [6.07, 6.45) is 1.73. The van der Waals surface area contributed by atoms with Crippen molar-refractivity contribution < 1.29 is 14.3 Å². The smallest absolute Gasteiger partial charge is 0.321 e. The molecule has 0 unspecified atom stereocenters. The molecule has 4 rings (SSSR count). The van der Waals surface area contributed by atoms with E-state index in [2.05, 4.69) is 15.6 Å². The van der Waals surface area contributed by atoms with E-state index < -0.39 is 0 Å². The molecule has 2 heterocycles. The molecule has 0 saturated carbocycles. The maximum absolute atomic E-state index is 12.4. The third-order valence-corrected chi connectivity index (χ3v) is 4.52. The topological polar surface area (TPSA) is 83.6 Å². The number of urea groups is 1. The lowest BCUT2D eigenvalue weighted by Crippen LogP contribution is -2.29. The van der Waals surface area contributed by atoms with E-state index in [1.165, 1.54) is 0 Å². The number of carbonyl (C=O) groups excluding carboxylic acids is 2.